The van der Waals surface area contributed by atoms with Crippen molar-refractivity contribution in [1.82, 2.24) is 19.5 Å². The second-order valence-electron chi connectivity index (χ2n) is 5.84. The molecule has 130 valence electrons. The van der Waals surface area contributed by atoms with E-state index in [0.717, 1.165) is 10.8 Å². The average molecular weight is 360 g/mol. The van der Waals surface area contributed by atoms with Gasteiger partial charge in [-0.3, -0.25) is 4.57 Å². The van der Waals surface area contributed by atoms with E-state index in [1.807, 2.05) is 18.2 Å². The molecule has 0 bridgehead atoms. The number of ether oxygens (including phenoxy) is 1. The summed E-state index contributed by atoms with van der Waals surface area (Å²) < 4.78 is 21.2. The van der Waals surface area contributed by atoms with E-state index < -0.39 is 18.5 Å². The van der Waals surface area contributed by atoms with Crippen LogP contribution in [0, 0.1) is 0 Å². The Morgan fingerprint density at radius 2 is 2.08 bits per heavy atom. The Bertz CT molecular complexity index is 860. The van der Waals surface area contributed by atoms with E-state index in [0.29, 0.717) is 11.2 Å². The Labute approximate surface area is 148 Å². The summed E-state index contributed by atoms with van der Waals surface area (Å²) in [5, 5.41) is 9.95. The van der Waals surface area contributed by atoms with E-state index >= 15 is 0 Å². The smallest absolute Gasteiger partial charge is 0.166 e. The predicted molar refractivity (Wildman–Crippen MR) is 91.8 cm³/mol. The molecule has 0 radical (unpaired) electrons. The van der Waals surface area contributed by atoms with Gasteiger partial charge in [-0.1, -0.05) is 42.1 Å². The van der Waals surface area contributed by atoms with Crippen LogP contribution < -0.4 is 0 Å². The highest BCUT2D eigenvalue weighted by molar-refractivity contribution is 7.98. The van der Waals surface area contributed by atoms with Gasteiger partial charge < -0.3 is 9.84 Å². The molecule has 0 spiro atoms. The lowest BCUT2D eigenvalue weighted by molar-refractivity contribution is -0.0323. The second kappa shape index (κ2) is 7.07. The lowest BCUT2D eigenvalue weighted by Gasteiger charge is -2.13. The number of aliphatic hydroxyl groups is 1. The number of benzene rings is 1. The molecule has 3 atom stereocenters. The van der Waals surface area contributed by atoms with Crippen LogP contribution in [0.2, 0.25) is 0 Å². The third-order valence-electron chi connectivity index (χ3n) is 4.20. The molecule has 25 heavy (non-hydrogen) atoms. The van der Waals surface area contributed by atoms with Crippen LogP contribution >= 0.6 is 11.8 Å². The molecule has 1 aliphatic rings. The van der Waals surface area contributed by atoms with E-state index in [2.05, 4.69) is 27.1 Å². The normalized spacial score (nSPS) is 23.4. The van der Waals surface area contributed by atoms with Gasteiger partial charge in [0.05, 0.1) is 12.9 Å². The zero-order valence-corrected chi connectivity index (χ0v) is 14.1. The van der Waals surface area contributed by atoms with Crippen molar-refractivity contribution in [3.8, 4) is 0 Å². The van der Waals surface area contributed by atoms with Gasteiger partial charge in [0.15, 0.2) is 5.65 Å². The number of aliphatic hydroxyl groups excluding tert-OH is 1. The fourth-order valence-corrected chi connectivity index (χ4v) is 3.79. The molecule has 1 aliphatic heterocycles. The molecule has 1 N–H and O–H groups in total. The number of alkyl halides is 1. The Morgan fingerprint density at radius 1 is 1.24 bits per heavy atom. The van der Waals surface area contributed by atoms with Crippen molar-refractivity contribution in [3.05, 3.63) is 48.5 Å². The summed E-state index contributed by atoms with van der Waals surface area (Å²) in [4.78, 5) is 13.0. The number of imidazole rings is 1. The molecule has 0 amide bonds. The molecular formula is C17H17FN4O2S. The molecule has 4 rings (SSSR count). The first-order valence-electron chi connectivity index (χ1n) is 8.01. The highest BCUT2D eigenvalue weighted by atomic mass is 32.2. The lowest BCUT2D eigenvalue weighted by atomic mass is 10.2. The van der Waals surface area contributed by atoms with Crippen molar-refractivity contribution in [2.75, 3.05) is 6.61 Å². The van der Waals surface area contributed by atoms with Crippen LogP contribution in [0.15, 0.2) is 48.0 Å². The topological polar surface area (TPSA) is 73.1 Å². The number of hydrogen-bond acceptors (Lipinski definition) is 6. The van der Waals surface area contributed by atoms with Crippen LogP contribution in [0.3, 0.4) is 0 Å². The Hall–Kier alpha value is -2.03. The molecule has 8 heteroatoms. The van der Waals surface area contributed by atoms with Gasteiger partial charge in [-0.2, -0.15) is 0 Å². The van der Waals surface area contributed by atoms with Gasteiger partial charge in [0.2, 0.25) is 0 Å². The summed E-state index contributed by atoms with van der Waals surface area (Å²) in [6, 6.07) is 10.1. The van der Waals surface area contributed by atoms with Crippen molar-refractivity contribution in [1.29, 1.82) is 0 Å². The van der Waals surface area contributed by atoms with Crippen molar-refractivity contribution >= 4 is 22.9 Å². The largest absolute Gasteiger partial charge is 0.394 e. The van der Waals surface area contributed by atoms with Crippen LogP contribution in [0.25, 0.3) is 11.2 Å². The number of aromatic nitrogens is 4. The number of thioether (sulfide) groups is 1. The van der Waals surface area contributed by atoms with Crippen molar-refractivity contribution in [2.24, 2.45) is 0 Å². The van der Waals surface area contributed by atoms with Crippen LogP contribution in [-0.4, -0.2) is 43.5 Å². The highest BCUT2D eigenvalue weighted by Gasteiger charge is 2.36. The van der Waals surface area contributed by atoms with Gasteiger partial charge >= 0.3 is 0 Å². The van der Waals surface area contributed by atoms with Crippen molar-refractivity contribution in [3.63, 3.8) is 0 Å². The van der Waals surface area contributed by atoms with E-state index in [1.165, 1.54) is 11.9 Å². The predicted octanol–water partition coefficient (Wildman–Crippen LogP) is 2.74. The van der Waals surface area contributed by atoms with Gasteiger partial charge in [0, 0.05) is 12.2 Å². The van der Waals surface area contributed by atoms with Crippen LogP contribution in [0.1, 0.15) is 18.2 Å². The second-order valence-corrected chi connectivity index (χ2v) is 6.80. The quantitative estimate of drug-likeness (QED) is 0.557. The van der Waals surface area contributed by atoms with Gasteiger partial charge in [0.25, 0.3) is 0 Å². The fourth-order valence-electron chi connectivity index (χ4n) is 2.90. The number of nitrogens with zero attached hydrogens (tertiary/aromatic N) is 4. The molecule has 0 aliphatic carbocycles. The van der Waals surface area contributed by atoms with Gasteiger partial charge in [0.1, 0.15) is 35.4 Å². The van der Waals surface area contributed by atoms with Gasteiger partial charge in [-0.15, -0.1) is 0 Å². The van der Waals surface area contributed by atoms with Gasteiger partial charge in [-0.25, -0.2) is 19.3 Å². The maximum Gasteiger partial charge on any atom is 0.166 e. The SMILES string of the molecule is OC[C@H]1O[C@@H](n2cnc3c(SCc4ccccc4)ncnc32)C[C@@H]1F. The number of fused-ring (bicyclic) bond motifs is 1. The molecular weight excluding hydrogens is 343 g/mol. The molecule has 1 fully saturated rings. The van der Waals surface area contributed by atoms with E-state index in [9.17, 15) is 4.39 Å². The standard InChI is InChI=1S/C17H17FN4O2S/c18-12-6-14(24-13(12)7-23)22-10-21-15-16(22)19-9-20-17(15)25-8-11-4-2-1-3-5-11/h1-5,9-10,12-14,23H,6-8H2/t12-,13+,14+/m0/s1. The van der Waals surface area contributed by atoms with E-state index in [4.69, 9.17) is 9.84 Å². The summed E-state index contributed by atoms with van der Waals surface area (Å²) in [6.45, 7) is -0.336. The molecule has 3 heterocycles. The molecule has 1 aromatic carbocycles. The van der Waals surface area contributed by atoms with Crippen molar-refractivity contribution in [2.45, 2.75) is 35.7 Å². The van der Waals surface area contributed by atoms with Crippen LogP contribution in [-0.2, 0) is 10.5 Å². The van der Waals surface area contributed by atoms with Crippen LogP contribution in [0.5, 0.6) is 0 Å². The minimum atomic E-state index is -1.19. The number of hydrogen-bond donors (Lipinski definition) is 1. The molecule has 2 aromatic heterocycles. The van der Waals surface area contributed by atoms with Crippen molar-refractivity contribution < 1.29 is 14.2 Å². The molecule has 1 saturated heterocycles. The Balaban J connectivity index is 1.58. The average Bonchev–Trinajstić information content (AvgIpc) is 3.24. The first kappa shape index (κ1) is 16.4. The first-order valence-corrected chi connectivity index (χ1v) is 8.99. The van der Waals surface area contributed by atoms with Gasteiger partial charge in [-0.05, 0) is 5.56 Å². The fraction of sp³-hybridized carbons (Fsp3) is 0.353. The Kier molecular flexibility index (Phi) is 4.65. The third-order valence-corrected chi connectivity index (χ3v) is 5.25. The zero-order valence-electron chi connectivity index (χ0n) is 13.3. The zero-order chi connectivity index (χ0) is 17.2. The number of rotatable bonds is 5. The summed E-state index contributed by atoms with van der Waals surface area (Å²) in [7, 11) is 0. The molecule has 6 nitrogen and oxygen atoms in total. The van der Waals surface area contributed by atoms with E-state index in [-0.39, 0.29) is 13.0 Å². The minimum Gasteiger partial charge on any atom is -0.394 e. The number of halogens is 1. The van der Waals surface area contributed by atoms with Crippen LogP contribution in [0.4, 0.5) is 4.39 Å². The summed E-state index contributed by atoms with van der Waals surface area (Å²) in [5.74, 6) is 0.777. The van der Waals surface area contributed by atoms with E-state index in [1.54, 1.807) is 22.7 Å². The molecule has 0 saturated carbocycles. The molecule has 3 aromatic rings. The highest BCUT2D eigenvalue weighted by Crippen LogP contribution is 2.34. The summed E-state index contributed by atoms with van der Waals surface area (Å²) in [6.07, 6.45) is 0.756. The first-order chi connectivity index (χ1) is 12.3. The molecule has 0 unspecified atom stereocenters. The third kappa shape index (κ3) is 3.24. The lowest BCUT2D eigenvalue weighted by Crippen LogP contribution is -2.21. The maximum absolute atomic E-state index is 13.9. The Morgan fingerprint density at radius 3 is 2.84 bits per heavy atom. The monoisotopic (exact) mass is 360 g/mol. The summed E-state index contributed by atoms with van der Waals surface area (Å²) in [5.41, 5.74) is 2.49. The maximum atomic E-state index is 13.9. The summed E-state index contributed by atoms with van der Waals surface area (Å²) >= 11 is 1.58. The minimum absolute atomic E-state index is 0.174.